The molecule has 1 aliphatic rings. The Morgan fingerprint density at radius 3 is 2.89 bits per heavy atom. The molecular formula is C14H23BrN2OS. The molecule has 1 fully saturated rings. The second-order valence-electron chi connectivity index (χ2n) is 5.05. The minimum atomic E-state index is 0.182. The monoisotopic (exact) mass is 346 g/mol. The third-order valence-electron chi connectivity index (χ3n) is 3.78. The highest BCUT2D eigenvalue weighted by atomic mass is 79.9. The highest BCUT2D eigenvalue weighted by Gasteiger charge is 2.31. The zero-order chi connectivity index (χ0) is 13.8. The molecule has 19 heavy (non-hydrogen) atoms. The fourth-order valence-electron chi connectivity index (χ4n) is 2.61. The lowest BCUT2D eigenvalue weighted by molar-refractivity contribution is -0.0481. The van der Waals surface area contributed by atoms with E-state index in [2.05, 4.69) is 46.8 Å². The number of hydrogen-bond acceptors (Lipinski definition) is 4. The molecule has 3 nitrogen and oxygen atoms in total. The van der Waals surface area contributed by atoms with Gasteiger partial charge in [0.2, 0.25) is 0 Å². The van der Waals surface area contributed by atoms with Crippen molar-refractivity contribution in [1.82, 2.24) is 4.90 Å². The maximum Gasteiger partial charge on any atom is 0.0702 e. The lowest BCUT2D eigenvalue weighted by Crippen LogP contribution is -2.48. The lowest BCUT2D eigenvalue weighted by atomic mass is 10.0. The quantitative estimate of drug-likeness (QED) is 0.887. The molecular weight excluding hydrogens is 324 g/mol. The molecule has 0 saturated carbocycles. The topological polar surface area (TPSA) is 38.5 Å². The number of thiophene rings is 1. The van der Waals surface area contributed by atoms with E-state index in [4.69, 9.17) is 10.5 Å². The predicted molar refractivity (Wildman–Crippen MR) is 84.6 cm³/mol. The number of rotatable bonds is 5. The highest BCUT2D eigenvalue weighted by molar-refractivity contribution is 9.11. The summed E-state index contributed by atoms with van der Waals surface area (Å²) in [6, 6.07) is 4.82. The van der Waals surface area contributed by atoms with Gasteiger partial charge < -0.3 is 10.5 Å². The number of halogens is 1. The Kier molecular flexibility index (Phi) is 5.84. The Labute approximate surface area is 128 Å². The molecule has 3 atom stereocenters. The number of nitrogens with zero attached hydrogens (tertiary/aromatic N) is 1. The molecule has 0 aromatic carbocycles. The molecule has 0 radical (unpaired) electrons. The van der Waals surface area contributed by atoms with Gasteiger partial charge in [0.05, 0.1) is 22.5 Å². The summed E-state index contributed by atoms with van der Waals surface area (Å²) < 4.78 is 6.95. The summed E-state index contributed by atoms with van der Waals surface area (Å²) in [5.74, 6) is 0. The largest absolute Gasteiger partial charge is 0.376 e. The van der Waals surface area contributed by atoms with E-state index in [0.717, 1.165) is 32.5 Å². The molecule has 0 spiro atoms. The number of morpholine rings is 1. The van der Waals surface area contributed by atoms with Crippen molar-refractivity contribution in [1.29, 1.82) is 0 Å². The second kappa shape index (κ2) is 7.18. The van der Waals surface area contributed by atoms with Gasteiger partial charge in [-0.2, -0.15) is 0 Å². The molecule has 1 aliphatic heterocycles. The molecule has 2 heterocycles. The van der Waals surface area contributed by atoms with E-state index in [-0.39, 0.29) is 6.04 Å². The molecule has 108 valence electrons. The van der Waals surface area contributed by atoms with Crippen molar-refractivity contribution in [3.8, 4) is 0 Å². The van der Waals surface area contributed by atoms with Crippen LogP contribution < -0.4 is 5.73 Å². The van der Waals surface area contributed by atoms with Gasteiger partial charge in [0.25, 0.3) is 0 Å². The van der Waals surface area contributed by atoms with Crippen LogP contribution in [-0.4, -0.2) is 36.7 Å². The second-order valence-corrected chi connectivity index (χ2v) is 7.55. The van der Waals surface area contributed by atoms with E-state index in [0.29, 0.717) is 12.1 Å². The van der Waals surface area contributed by atoms with E-state index < -0.39 is 0 Å². The van der Waals surface area contributed by atoms with Gasteiger partial charge in [0.15, 0.2) is 0 Å². The fraction of sp³-hybridized carbons (Fsp3) is 0.714. The lowest BCUT2D eigenvalue weighted by Gasteiger charge is -2.40. The van der Waals surface area contributed by atoms with Crippen molar-refractivity contribution in [2.45, 2.75) is 44.9 Å². The first kappa shape index (κ1) is 15.4. The van der Waals surface area contributed by atoms with E-state index in [1.165, 1.54) is 8.66 Å². The number of hydrogen-bond donors (Lipinski definition) is 1. The van der Waals surface area contributed by atoms with Gasteiger partial charge in [-0.15, -0.1) is 11.3 Å². The van der Waals surface area contributed by atoms with Crippen molar-refractivity contribution < 1.29 is 4.74 Å². The van der Waals surface area contributed by atoms with Crippen LogP contribution in [0, 0.1) is 0 Å². The van der Waals surface area contributed by atoms with E-state index in [9.17, 15) is 0 Å². The fourth-order valence-corrected chi connectivity index (χ4v) is 4.25. The van der Waals surface area contributed by atoms with Crippen molar-refractivity contribution in [3.63, 3.8) is 0 Å². The summed E-state index contributed by atoms with van der Waals surface area (Å²) in [7, 11) is 0. The van der Waals surface area contributed by atoms with E-state index in [1.54, 1.807) is 11.3 Å². The molecule has 0 amide bonds. The molecule has 0 aliphatic carbocycles. The first-order valence-corrected chi connectivity index (χ1v) is 8.63. The first-order valence-electron chi connectivity index (χ1n) is 7.02. The van der Waals surface area contributed by atoms with Crippen LogP contribution in [0.1, 0.15) is 37.6 Å². The summed E-state index contributed by atoms with van der Waals surface area (Å²) in [4.78, 5) is 3.86. The van der Waals surface area contributed by atoms with Crippen LogP contribution >= 0.6 is 27.3 Å². The van der Waals surface area contributed by atoms with Crippen molar-refractivity contribution in [3.05, 3.63) is 20.8 Å². The minimum Gasteiger partial charge on any atom is -0.376 e. The Morgan fingerprint density at radius 1 is 1.53 bits per heavy atom. The van der Waals surface area contributed by atoms with Gasteiger partial charge in [-0.3, -0.25) is 4.90 Å². The molecule has 2 rings (SSSR count). The van der Waals surface area contributed by atoms with Gasteiger partial charge in [-0.1, -0.05) is 13.8 Å². The maximum absolute atomic E-state index is 6.39. The minimum absolute atomic E-state index is 0.182. The summed E-state index contributed by atoms with van der Waals surface area (Å²) in [6.07, 6.45) is 2.41. The van der Waals surface area contributed by atoms with Crippen LogP contribution in [0.4, 0.5) is 0 Å². The molecule has 3 unspecified atom stereocenters. The molecule has 1 aromatic heterocycles. The summed E-state index contributed by atoms with van der Waals surface area (Å²) in [5, 5.41) is 0. The average molecular weight is 347 g/mol. The van der Waals surface area contributed by atoms with Gasteiger partial charge in [0, 0.05) is 24.0 Å². The molecule has 0 bridgehead atoms. The average Bonchev–Trinajstić information content (AvgIpc) is 2.85. The maximum atomic E-state index is 6.39. The van der Waals surface area contributed by atoms with Gasteiger partial charge in [-0.25, -0.2) is 0 Å². The molecule has 2 N–H and O–H groups in total. The van der Waals surface area contributed by atoms with Crippen LogP contribution in [0.5, 0.6) is 0 Å². The van der Waals surface area contributed by atoms with Crippen LogP contribution in [-0.2, 0) is 4.74 Å². The third kappa shape index (κ3) is 3.79. The Balaban J connectivity index is 2.17. The summed E-state index contributed by atoms with van der Waals surface area (Å²) >= 11 is 5.35. The molecule has 1 aromatic rings. The van der Waals surface area contributed by atoms with Gasteiger partial charge in [-0.05, 0) is 40.9 Å². The predicted octanol–water partition coefficient (Wildman–Crippen LogP) is 3.40. The zero-order valence-electron chi connectivity index (χ0n) is 11.6. The van der Waals surface area contributed by atoms with E-state index in [1.807, 2.05) is 0 Å². The molecule has 1 saturated heterocycles. The van der Waals surface area contributed by atoms with Gasteiger partial charge in [0.1, 0.15) is 0 Å². The first-order chi connectivity index (χ1) is 9.15. The van der Waals surface area contributed by atoms with Crippen molar-refractivity contribution in [2.75, 3.05) is 19.7 Å². The molecule has 5 heteroatoms. The standard InChI is InChI=1S/C14H23BrN2OS/c1-3-10-9-17(7-8-18-10)14(11(16)4-2)12-5-6-13(15)19-12/h5-6,10-11,14H,3-4,7-9,16H2,1-2H3. The Morgan fingerprint density at radius 2 is 2.32 bits per heavy atom. The van der Waals surface area contributed by atoms with Crippen LogP contribution in [0.25, 0.3) is 0 Å². The SMILES string of the molecule is CCC1CN(C(c2ccc(Br)s2)C(N)CC)CCO1. The third-order valence-corrected chi connectivity index (χ3v) is 5.48. The summed E-state index contributed by atoms with van der Waals surface area (Å²) in [5.41, 5.74) is 6.39. The van der Waals surface area contributed by atoms with Crippen LogP contribution in [0.3, 0.4) is 0 Å². The van der Waals surface area contributed by atoms with Crippen molar-refractivity contribution >= 4 is 27.3 Å². The van der Waals surface area contributed by atoms with E-state index >= 15 is 0 Å². The highest BCUT2D eigenvalue weighted by Crippen LogP contribution is 2.34. The number of nitrogens with two attached hydrogens (primary N) is 1. The van der Waals surface area contributed by atoms with Crippen LogP contribution in [0.2, 0.25) is 0 Å². The number of ether oxygens (including phenoxy) is 1. The Bertz CT molecular complexity index is 399. The normalized spacial score (nSPS) is 24.3. The Hall–Kier alpha value is 0.0600. The zero-order valence-corrected chi connectivity index (χ0v) is 14.0. The van der Waals surface area contributed by atoms with Crippen LogP contribution in [0.15, 0.2) is 15.9 Å². The summed E-state index contributed by atoms with van der Waals surface area (Å²) in [6.45, 7) is 7.13. The van der Waals surface area contributed by atoms with Gasteiger partial charge >= 0.3 is 0 Å². The van der Waals surface area contributed by atoms with Crippen molar-refractivity contribution in [2.24, 2.45) is 5.73 Å². The smallest absolute Gasteiger partial charge is 0.0702 e.